The van der Waals surface area contributed by atoms with Crippen LogP contribution in [-0.2, 0) is 14.3 Å². The fourth-order valence-corrected chi connectivity index (χ4v) is 4.48. The molecule has 0 spiro atoms. The van der Waals surface area contributed by atoms with Gasteiger partial charge in [0, 0.05) is 13.1 Å². The maximum absolute atomic E-state index is 13.4. The van der Waals surface area contributed by atoms with Gasteiger partial charge in [-0.25, -0.2) is 0 Å². The Morgan fingerprint density at radius 3 is 2.23 bits per heavy atom. The number of nitrogens with zero attached hydrogens (tertiary/aromatic N) is 2. The van der Waals surface area contributed by atoms with Crippen molar-refractivity contribution < 1.29 is 19.1 Å². The predicted octanol–water partition coefficient (Wildman–Crippen LogP) is 3.96. The Hall–Kier alpha value is -2.34. The van der Waals surface area contributed by atoms with Crippen LogP contribution in [0, 0.1) is 11.8 Å². The van der Waals surface area contributed by atoms with Gasteiger partial charge >= 0.3 is 0 Å². The first-order valence-corrected chi connectivity index (χ1v) is 11.5. The number of ether oxygens (including phenoxy) is 2. The van der Waals surface area contributed by atoms with Crippen LogP contribution in [0.25, 0.3) is 5.57 Å². The van der Waals surface area contributed by atoms with Gasteiger partial charge in [0.05, 0.1) is 31.4 Å². The highest BCUT2D eigenvalue weighted by Gasteiger charge is 2.42. The van der Waals surface area contributed by atoms with Gasteiger partial charge in [0.1, 0.15) is 11.4 Å². The Kier molecular flexibility index (Phi) is 7.76. The van der Waals surface area contributed by atoms with Crippen LogP contribution < -0.4 is 4.74 Å². The van der Waals surface area contributed by atoms with E-state index < -0.39 is 0 Å². The first-order valence-electron chi connectivity index (χ1n) is 11.5. The number of hydrogen-bond donors (Lipinski definition) is 0. The van der Waals surface area contributed by atoms with Crippen molar-refractivity contribution in [3.63, 3.8) is 0 Å². The summed E-state index contributed by atoms with van der Waals surface area (Å²) < 4.78 is 11.3. The van der Waals surface area contributed by atoms with Crippen LogP contribution in [0.3, 0.4) is 0 Å². The molecule has 1 aromatic rings. The van der Waals surface area contributed by atoms with Crippen molar-refractivity contribution in [1.29, 1.82) is 0 Å². The molecule has 0 radical (unpaired) electrons. The second kappa shape index (κ2) is 10.3. The summed E-state index contributed by atoms with van der Waals surface area (Å²) in [6.45, 7) is 13.2. The summed E-state index contributed by atoms with van der Waals surface area (Å²) in [5.74, 6) is 1.28. The highest BCUT2D eigenvalue weighted by Crippen LogP contribution is 2.35. The molecule has 6 nitrogen and oxygen atoms in total. The number of piperidine rings is 1. The molecule has 2 atom stereocenters. The Bertz CT molecular complexity index is 805. The largest absolute Gasteiger partial charge is 0.494 e. The number of hydrogen-bond acceptors (Lipinski definition) is 5. The molecule has 2 aliphatic rings. The smallest absolute Gasteiger partial charge is 0.277 e. The van der Waals surface area contributed by atoms with Gasteiger partial charge in [0.2, 0.25) is 0 Å². The van der Waals surface area contributed by atoms with Gasteiger partial charge in [-0.2, -0.15) is 0 Å². The first-order chi connectivity index (χ1) is 14.8. The average Bonchev–Trinajstić information content (AvgIpc) is 2.96. The van der Waals surface area contributed by atoms with E-state index in [1.165, 1.54) is 4.90 Å². The maximum atomic E-state index is 13.4. The Labute approximate surface area is 186 Å². The molecule has 1 fully saturated rings. The van der Waals surface area contributed by atoms with E-state index >= 15 is 0 Å². The van der Waals surface area contributed by atoms with Crippen molar-refractivity contribution in [2.24, 2.45) is 11.8 Å². The van der Waals surface area contributed by atoms with Crippen LogP contribution in [0.5, 0.6) is 5.75 Å². The second-order valence-electron chi connectivity index (χ2n) is 9.13. The van der Waals surface area contributed by atoms with Crippen LogP contribution in [0.1, 0.15) is 53.0 Å². The lowest BCUT2D eigenvalue weighted by atomic mass is 9.91. The molecule has 31 heavy (non-hydrogen) atoms. The SMILES string of the molecule is CCCOc1ccc(C2=C(N3CC(C)CC(C)C3)C(=O)N(CCOC(C)C)C2=O)cc1. The number of carbonyl (C=O) groups excluding carboxylic acids is 2. The number of likely N-dealkylation sites (tertiary alicyclic amines) is 1. The Morgan fingerprint density at radius 2 is 1.65 bits per heavy atom. The predicted molar refractivity (Wildman–Crippen MR) is 121 cm³/mol. The molecule has 0 saturated carbocycles. The minimum absolute atomic E-state index is 0.0548. The zero-order valence-corrected chi connectivity index (χ0v) is 19.5. The third-order valence-electron chi connectivity index (χ3n) is 5.71. The number of imide groups is 1. The number of amides is 2. The lowest BCUT2D eigenvalue weighted by molar-refractivity contribution is -0.138. The fraction of sp³-hybridized carbons (Fsp3) is 0.600. The monoisotopic (exact) mass is 428 g/mol. The third kappa shape index (κ3) is 5.48. The van der Waals surface area contributed by atoms with Crippen LogP contribution in [0.15, 0.2) is 30.0 Å². The van der Waals surface area contributed by atoms with E-state index in [0.717, 1.165) is 37.2 Å². The van der Waals surface area contributed by atoms with E-state index in [1.807, 2.05) is 38.1 Å². The van der Waals surface area contributed by atoms with E-state index in [0.29, 0.717) is 36.3 Å². The summed E-state index contributed by atoms with van der Waals surface area (Å²) in [6, 6.07) is 7.52. The van der Waals surface area contributed by atoms with Crippen molar-refractivity contribution in [3.8, 4) is 5.75 Å². The van der Waals surface area contributed by atoms with Gasteiger partial charge < -0.3 is 14.4 Å². The molecule has 2 unspecified atom stereocenters. The lowest BCUT2D eigenvalue weighted by Crippen LogP contribution is -2.42. The van der Waals surface area contributed by atoms with Crippen molar-refractivity contribution >= 4 is 17.4 Å². The van der Waals surface area contributed by atoms with Gasteiger partial charge in [0.25, 0.3) is 11.8 Å². The zero-order chi connectivity index (χ0) is 22.5. The summed E-state index contributed by atoms with van der Waals surface area (Å²) >= 11 is 0. The first kappa shape index (κ1) is 23.3. The zero-order valence-electron chi connectivity index (χ0n) is 19.5. The van der Waals surface area contributed by atoms with Gasteiger partial charge in [0.15, 0.2) is 0 Å². The maximum Gasteiger partial charge on any atom is 0.277 e. The summed E-state index contributed by atoms with van der Waals surface area (Å²) in [6.07, 6.45) is 2.12. The molecule has 2 heterocycles. The van der Waals surface area contributed by atoms with E-state index in [-0.39, 0.29) is 24.5 Å². The molecular weight excluding hydrogens is 392 g/mol. The summed E-state index contributed by atoms with van der Waals surface area (Å²) in [5, 5.41) is 0. The van der Waals surface area contributed by atoms with E-state index in [4.69, 9.17) is 9.47 Å². The molecule has 0 N–H and O–H groups in total. The van der Waals surface area contributed by atoms with Gasteiger partial charge in [-0.05, 0) is 56.2 Å². The summed E-state index contributed by atoms with van der Waals surface area (Å²) in [5.41, 5.74) is 1.79. The minimum Gasteiger partial charge on any atom is -0.494 e. The van der Waals surface area contributed by atoms with E-state index in [1.54, 1.807) is 0 Å². The molecular formula is C25H36N2O4. The molecule has 6 heteroatoms. The van der Waals surface area contributed by atoms with Crippen molar-refractivity contribution in [2.75, 3.05) is 32.8 Å². The molecule has 2 amide bonds. The average molecular weight is 429 g/mol. The molecule has 1 saturated heterocycles. The Balaban J connectivity index is 1.93. The molecule has 170 valence electrons. The lowest BCUT2D eigenvalue weighted by Gasteiger charge is -2.37. The molecule has 0 aromatic heterocycles. The molecule has 0 aliphatic carbocycles. The molecule has 0 bridgehead atoms. The highest BCUT2D eigenvalue weighted by atomic mass is 16.5. The topological polar surface area (TPSA) is 59.1 Å². The van der Waals surface area contributed by atoms with Gasteiger partial charge in [-0.15, -0.1) is 0 Å². The number of rotatable bonds is 9. The van der Waals surface area contributed by atoms with Crippen LogP contribution in [0.2, 0.25) is 0 Å². The van der Waals surface area contributed by atoms with E-state index in [2.05, 4.69) is 25.7 Å². The van der Waals surface area contributed by atoms with Crippen LogP contribution in [0.4, 0.5) is 0 Å². The minimum atomic E-state index is -0.236. The van der Waals surface area contributed by atoms with Gasteiger partial charge in [-0.3, -0.25) is 14.5 Å². The van der Waals surface area contributed by atoms with Crippen molar-refractivity contribution in [2.45, 2.75) is 53.6 Å². The molecule has 2 aliphatic heterocycles. The highest BCUT2D eigenvalue weighted by molar-refractivity contribution is 6.35. The van der Waals surface area contributed by atoms with Crippen molar-refractivity contribution in [1.82, 2.24) is 9.80 Å². The van der Waals surface area contributed by atoms with Crippen LogP contribution in [-0.4, -0.2) is 60.6 Å². The van der Waals surface area contributed by atoms with E-state index in [9.17, 15) is 9.59 Å². The normalized spacial score (nSPS) is 22.1. The van der Waals surface area contributed by atoms with Crippen molar-refractivity contribution in [3.05, 3.63) is 35.5 Å². The van der Waals surface area contributed by atoms with Crippen LogP contribution >= 0.6 is 0 Å². The number of carbonyl (C=O) groups is 2. The van der Waals surface area contributed by atoms with Gasteiger partial charge in [-0.1, -0.05) is 32.9 Å². The quantitative estimate of drug-likeness (QED) is 0.557. The Morgan fingerprint density at radius 1 is 1.00 bits per heavy atom. The standard InChI is InChI=1S/C25H36N2O4/c1-6-12-31-21-9-7-20(8-10-21)22-23(26-15-18(4)14-19(5)16-26)25(29)27(24(22)28)11-13-30-17(2)3/h7-10,17-19H,6,11-16H2,1-5H3. The second-order valence-corrected chi connectivity index (χ2v) is 9.13. The molecule has 3 rings (SSSR count). The summed E-state index contributed by atoms with van der Waals surface area (Å²) in [7, 11) is 0. The molecule has 1 aromatic carbocycles. The number of benzene rings is 1. The summed E-state index contributed by atoms with van der Waals surface area (Å²) in [4.78, 5) is 30.3. The fourth-order valence-electron chi connectivity index (χ4n) is 4.48. The third-order valence-corrected chi connectivity index (χ3v) is 5.71.